The maximum Gasteiger partial charge on any atom is 0.226 e. The molecule has 7 heteroatoms. The molecule has 2 aromatic heterocycles. The molecule has 0 unspecified atom stereocenters. The average Bonchev–Trinajstić information content (AvgIpc) is 2.86. The first-order valence-corrected chi connectivity index (χ1v) is 6.77. The third-order valence-corrected chi connectivity index (χ3v) is 3.64. The number of aromatic amines is 1. The van der Waals surface area contributed by atoms with E-state index in [4.69, 9.17) is 16.3 Å². The van der Waals surface area contributed by atoms with Crippen molar-refractivity contribution >= 4 is 28.6 Å². The summed E-state index contributed by atoms with van der Waals surface area (Å²) in [5.41, 5.74) is 1.44. The number of hydrogen-bond donors (Lipinski definition) is 1. The van der Waals surface area contributed by atoms with Gasteiger partial charge in [0.2, 0.25) is 5.28 Å². The molecule has 6 nitrogen and oxygen atoms in total. The van der Waals surface area contributed by atoms with Crippen molar-refractivity contribution in [2.24, 2.45) is 5.92 Å². The molecule has 0 aliphatic carbocycles. The first-order valence-electron chi connectivity index (χ1n) is 6.39. The van der Waals surface area contributed by atoms with Gasteiger partial charge in [-0.2, -0.15) is 9.97 Å². The highest BCUT2D eigenvalue weighted by atomic mass is 35.5. The lowest BCUT2D eigenvalue weighted by molar-refractivity contribution is 0.0685. The summed E-state index contributed by atoms with van der Waals surface area (Å²) >= 11 is 5.94. The lowest BCUT2D eigenvalue weighted by atomic mass is 10.00. The van der Waals surface area contributed by atoms with E-state index in [9.17, 15) is 0 Å². The van der Waals surface area contributed by atoms with Crippen molar-refractivity contribution in [1.82, 2.24) is 19.9 Å². The van der Waals surface area contributed by atoms with Gasteiger partial charge in [-0.05, 0) is 30.4 Å². The minimum Gasteiger partial charge on any atom is -0.381 e. The summed E-state index contributed by atoms with van der Waals surface area (Å²) in [4.78, 5) is 17.7. The molecule has 0 bridgehead atoms. The number of anilines is 1. The Kier molecular flexibility index (Phi) is 3.52. The van der Waals surface area contributed by atoms with Gasteiger partial charge in [0, 0.05) is 26.8 Å². The molecule has 0 atom stereocenters. The van der Waals surface area contributed by atoms with E-state index in [1.54, 1.807) is 6.33 Å². The predicted octanol–water partition coefficient (Wildman–Crippen LogP) is 1.87. The van der Waals surface area contributed by atoms with E-state index in [0.29, 0.717) is 11.6 Å². The topological polar surface area (TPSA) is 66.9 Å². The average molecular weight is 282 g/mol. The summed E-state index contributed by atoms with van der Waals surface area (Å²) in [6.07, 6.45) is 3.80. The van der Waals surface area contributed by atoms with E-state index >= 15 is 0 Å². The highest BCUT2D eigenvalue weighted by molar-refractivity contribution is 6.28. The second-order valence-corrected chi connectivity index (χ2v) is 5.19. The van der Waals surface area contributed by atoms with Crippen molar-refractivity contribution in [2.75, 3.05) is 31.7 Å². The van der Waals surface area contributed by atoms with Gasteiger partial charge in [0.1, 0.15) is 5.52 Å². The highest BCUT2D eigenvalue weighted by Crippen LogP contribution is 2.24. The van der Waals surface area contributed by atoms with Crippen LogP contribution in [0, 0.1) is 5.92 Å². The zero-order chi connectivity index (χ0) is 13.2. The summed E-state index contributed by atoms with van der Waals surface area (Å²) in [6, 6.07) is 0. The molecular weight excluding hydrogens is 266 g/mol. The Morgan fingerprint density at radius 1 is 1.42 bits per heavy atom. The summed E-state index contributed by atoms with van der Waals surface area (Å²) in [7, 11) is 2.02. The fourth-order valence-electron chi connectivity index (χ4n) is 2.47. The zero-order valence-corrected chi connectivity index (χ0v) is 11.5. The van der Waals surface area contributed by atoms with Gasteiger partial charge in [-0.25, -0.2) is 4.98 Å². The number of ether oxygens (including phenoxy) is 1. The molecule has 0 aromatic carbocycles. The zero-order valence-electron chi connectivity index (χ0n) is 10.8. The van der Waals surface area contributed by atoms with Crippen molar-refractivity contribution in [2.45, 2.75) is 12.8 Å². The lowest BCUT2D eigenvalue weighted by Crippen LogP contribution is -2.30. The van der Waals surface area contributed by atoms with E-state index in [2.05, 4.69) is 24.8 Å². The van der Waals surface area contributed by atoms with Gasteiger partial charge in [0.25, 0.3) is 0 Å². The number of imidazole rings is 1. The Labute approximate surface area is 116 Å². The molecule has 0 radical (unpaired) electrons. The Balaban J connectivity index is 1.83. The van der Waals surface area contributed by atoms with E-state index < -0.39 is 0 Å². The molecule has 2 aromatic rings. The minimum atomic E-state index is 0.230. The fourth-order valence-corrected chi connectivity index (χ4v) is 2.63. The van der Waals surface area contributed by atoms with Crippen LogP contribution in [0.5, 0.6) is 0 Å². The van der Waals surface area contributed by atoms with Crippen molar-refractivity contribution in [3.05, 3.63) is 11.6 Å². The maximum absolute atomic E-state index is 5.94. The SMILES string of the molecule is CN(CC1CCOCC1)c1nc(Cl)nc2nc[nH]c12. The number of nitrogens with zero attached hydrogens (tertiary/aromatic N) is 4. The fraction of sp³-hybridized carbons (Fsp3) is 0.583. The predicted molar refractivity (Wildman–Crippen MR) is 73.5 cm³/mol. The van der Waals surface area contributed by atoms with Gasteiger partial charge in [-0.15, -0.1) is 0 Å². The van der Waals surface area contributed by atoms with Crippen LogP contribution in [0.1, 0.15) is 12.8 Å². The molecule has 3 heterocycles. The molecule has 0 spiro atoms. The standard InChI is InChI=1S/C12H16ClN5O/c1-18(6-8-2-4-19-5-3-8)11-9-10(15-7-14-9)16-12(13)17-11/h7-8H,2-6H2,1H3,(H,14,15,16,17). The van der Waals surface area contributed by atoms with E-state index in [0.717, 1.165) is 43.9 Å². The monoisotopic (exact) mass is 281 g/mol. The molecule has 0 amide bonds. The molecule has 1 aliphatic rings. The number of hydrogen-bond acceptors (Lipinski definition) is 5. The van der Waals surface area contributed by atoms with E-state index in [-0.39, 0.29) is 5.28 Å². The van der Waals surface area contributed by atoms with Crippen LogP contribution in [-0.4, -0.2) is 46.7 Å². The first kappa shape index (κ1) is 12.6. The van der Waals surface area contributed by atoms with Gasteiger partial charge in [0.05, 0.1) is 6.33 Å². The van der Waals surface area contributed by atoms with Crippen LogP contribution in [0.4, 0.5) is 5.82 Å². The summed E-state index contributed by atoms with van der Waals surface area (Å²) in [5.74, 6) is 1.43. The molecule has 102 valence electrons. The Morgan fingerprint density at radius 2 is 2.21 bits per heavy atom. The Bertz CT molecular complexity index is 566. The number of fused-ring (bicyclic) bond motifs is 1. The molecule has 19 heavy (non-hydrogen) atoms. The van der Waals surface area contributed by atoms with Gasteiger partial charge in [-0.3, -0.25) is 0 Å². The third kappa shape index (κ3) is 2.64. The summed E-state index contributed by atoms with van der Waals surface area (Å²) in [5, 5.41) is 0.230. The number of halogens is 1. The molecule has 1 fully saturated rings. The van der Waals surface area contributed by atoms with Gasteiger partial charge in [0.15, 0.2) is 11.5 Å². The van der Waals surface area contributed by atoms with Gasteiger partial charge in [-0.1, -0.05) is 0 Å². The van der Waals surface area contributed by atoms with Crippen molar-refractivity contribution in [1.29, 1.82) is 0 Å². The van der Waals surface area contributed by atoms with Crippen LogP contribution in [0.2, 0.25) is 5.28 Å². The van der Waals surface area contributed by atoms with Gasteiger partial charge < -0.3 is 14.6 Å². The first-order chi connectivity index (χ1) is 9.24. The second kappa shape index (κ2) is 5.30. The molecule has 1 aliphatic heterocycles. The molecule has 1 N–H and O–H groups in total. The maximum atomic E-state index is 5.94. The molecular formula is C12H16ClN5O. The van der Waals surface area contributed by atoms with E-state index in [1.807, 2.05) is 7.05 Å². The van der Waals surface area contributed by atoms with Gasteiger partial charge >= 0.3 is 0 Å². The minimum absolute atomic E-state index is 0.230. The Morgan fingerprint density at radius 3 is 3.00 bits per heavy atom. The number of aromatic nitrogens is 4. The van der Waals surface area contributed by atoms with E-state index in [1.165, 1.54) is 0 Å². The summed E-state index contributed by atoms with van der Waals surface area (Å²) in [6.45, 7) is 2.63. The smallest absolute Gasteiger partial charge is 0.226 e. The van der Waals surface area contributed by atoms with Crippen LogP contribution in [0.25, 0.3) is 11.2 Å². The van der Waals surface area contributed by atoms with Crippen LogP contribution in [-0.2, 0) is 4.74 Å². The Hall–Kier alpha value is -1.40. The summed E-state index contributed by atoms with van der Waals surface area (Å²) < 4.78 is 5.38. The number of H-pyrrole nitrogens is 1. The normalized spacial score (nSPS) is 16.9. The van der Waals surface area contributed by atoms with Crippen LogP contribution < -0.4 is 4.90 Å². The quantitative estimate of drug-likeness (QED) is 0.870. The largest absolute Gasteiger partial charge is 0.381 e. The molecule has 1 saturated heterocycles. The number of nitrogens with one attached hydrogen (secondary N) is 1. The van der Waals surface area contributed by atoms with Crippen LogP contribution >= 0.6 is 11.6 Å². The lowest BCUT2D eigenvalue weighted by Gasteiger charge is -2.27. The van der Waals surface area contributed by atoms with Crippen LogP contribution in [0.3, 0.4) is 0 Å². The molecule has 0 saturated carbocycles. The second-order valence-electron chi connectivity index (χ2n) is 4.85. The third-order valence-electron chi connectivity index (χ3n) is 3.47. The highest BCUT2D eigenvalue weighted by Gasteiger charge is 2.19. The van der Waals surface area contributed by atoms with Crippen LogP contribution in [0.15, 0.2) is 6.33 Å². The van der Waals surface area contributed by atoms with Crippen molar-refractivity contribution in [3.63, 3.8) is 0 Å². The van der Waals surface area contributed by atoms with Crippen molar-refractivity contribution in [3.8, 4) is 0 Å². The molecule has 3 rings (SSSR count). The number of rotatable bonds is 3. The van der Waals surface area contributed by atoms with Crippen molar-refractivity contribution < 1.29 is 4.74 Å².